The first-order chi connectivity index (χ1) is 13.4. The number of fused-ring (bicyclic) bond motifs is 1. The highest BCUT2D eigenvalue weighted by molar-refractivity contribution is 6.37. The van der Waals surface area contributed by atoms with Gasteiger partial charge in [-0.3, -0.25) is 4.79 Å². The predicted octanol–water partition coefficient (Wildman–Crippen LogP) is 5.00. The van der Waals surface area contributed by atoms with Crippen LogP contribution in [0.25, 0.3) is 6.08 Å². The summed E-state index contributed by atoms with van der Waals surface area (Å²) < 4.78 is 16.5. The zero-order valence-electron chi connectivity index (χ0n) is 15.0. The second kappa shape index (κ2) is 7.59. The van der Waals surface area contributed by atoms with Crippen molar-refractivity contribution < 1.29 is 23.8 Å². The monoisotopic (exact) mass is 418 g/mol. The van der Waals surface area contributed by atoms with Crippen LogP contribution in [0.1, 0.15) is 34.3 Å². The number of carbonyl (C=O) groups excluding carboxylic acids is 2. The molecule has 7 heteroatoms. The second-order valence-corrected chi connectivity index (χ2v) is 7.43. The van der Waals surface area contributed by atoms with E-state index in [2.05, 4.69) is 0 Å². The van der Waals surface area contributed by atoms with Crippen molar-refractivity contribution in [2.45, 2.75) is 25.9 Å². The number of halogens is 2. The quantitative estimate of drug-likeness (QED) is 0.398. The molecule has 144 valence electrons. The smallest absolute Gasteiger partial charge is 0.340 e. The maximum atomic E-state index is 12.8. The van der Waals surface area contributed by atoms with Gasteiger partial charge in [-0.25, -0.2) is 4.79 Å². The molecule has 0 N–H and O–H groups in total. The van der Waals surface area contributed by atoms with Crippen LogP contribution in [0.15, 0.2) is 36.1 Å². The van der Waals surface area contributed by atoms with Crippen LogP contribution in [0.4, 0.5) is 0 Å². The van der Waals surface area contributed by atoms with E-state index >= 15 is 0 Å². The summed E-state index contributed by atoms with van der Waals surface area (Å²) in [5.41, 5.74) is 1.57. The summed E-state index contributed by atoms with van der Waals surface area (Å²) in [6.07, 6.45) is 2.45. The molecule has 5 nitrogen and oxygen atoms in total. The van der Waals surface area contributed by atoms with Crippen LogP contribution >= 0.6 is 23.2 Å². The molecule has 1 saturated heterocycles. The third-order valence-corrected chi connectivity index (χ3v) is 5.29. The van der Waals surface area contributed by atoms with Crippen LogP contribution in [-0.4, -0.2) is 24.5 Å². The Morgan fingerprint density at radius 1 is 1.25 bits per heavy atom. The van der Waals surface area contributed by atoms with Crippen molar-refractivity contribution in [1.29, 1.82) is 0 Å². The Labute approximate surface area is 171 Å². The maximum Gasteiger partial charge on any atom is 0.340 e. The third-order valence-electron chi connectivity index (χ3n) is 4.63. The molecule has 0 amide bonds. The van der Waals surface area contributed by atoms with Gasteiger partial charge in [-0.1, -0.05) is 29.3 Å². The van der Waals surface area contributed by atoms with Crippen molar-refractivity contribution in [3.63, 3.8) is 0 Å². The number of hydrogen-bond acceptors (Lipinski definition) is 5. The number of Topliss-reactive ketones (excluding diaryl/α,β-unsaturated/α-hetero) is 1. The Morgan fingerprint density at radius 2 is 2.00 bits per heavy atom. The maximum absolute atomic E-state index is 12.8. The first-order valence-electron chi connectivity index (χ1n) is 8.80. The summed E-state index contributed by atoms with van der Waals surface area (Å²) in [4.78, 5) is 25.0. The summed E-state index contributed by atoms with van der Waals surface area (Å²) in [7, 11) is 0. The van der Waals surface area contributed by atoms with E-state index < -0.39 is 12.1 Å². The number of allylic oxidation sites excluding steroid dienone is 1. The predicted molar refractivity (Wildman–Crippen MR) is 105 cm³/mol. The number of esters is 1. The number of ketones is 1. The second-order valence-electron chi connectivity index (χ2n) is 6.61. The zero-order valence-corrected chi connectivity index (χ0v) is 16.5. The van der Waals surface area contributed by atoms with Gasteiger partial charge in [-0.15, -0.1) is 0 Å². The molecule has 0 aromatic heterocycles. The van der Waals surface area contributed by atoms with Crippen molar-refractivity contribution in [2.75, 3.05) is 6.61 Å². The van der Waals surface area contributed by atoms with Crippen molar-refractivity contribution in [2.24, 2.45) is 0 Å². The van der Waals surface area contributed by atoms with Gasteiger partial charge in [0.1, 0.15) is 11.5 Å². The molecule has 1 atom stereocenters. The van der Waals surface area contributed by atoms with Gasteiger partial charge in [0.2, 0.25) is 5.78 Å². The molecule has 1 fully saturated rings. The summed E-state index contributed by atoms with van der Waals surface area (Å²) in [6, 6.07) is 8.25. The average Bonchev–Trinajstić information content (AvgIpc) is 3.27. The topological polar surface area (TPSA) is 61.8 Å². The van der Waals surface area contributed by atoms with Crippen LogP contribution < -0.4 is 9.47 Å². The summed E-state index contributed by atoms with van der Waals surface area (Å²) in [6.45, 7) is 2.31. The van der Waals surface area contributed by atoms with E-state index in [1.165, 1.54) is 12.1 Å². The van der Waals surface area contributed by atoms with Crippen LogP contribution in [-0.2, 0) is 9.53 Å². The average molecular weight is 419 g/mol. The lowest BCUT2D eigenvalue weighted by Crippen LogP contribution is -2.24. The molecular weight excluding hydrogens is 403 g/mol. The first-order valence-corrected chi connectivity index (χ1v) is 9.56. The van der Waals surface area contributed by atoms with Gasteiger partial charge in [0, 0.05) is 28.3 Å². The minimum absolute atomic E-state index is 0.107. The van der Waals surface area contributed by atoms with E-state index in [4.69, 9.17) is 37.4 Å². The normalized spacial score (nSPS) is 19.6. The number of ether oxygens (including phenoxy) is 3. The standard InChI is InChI=1S/C21H16Cl2O5/c1-11-8-12(27-21(25)16-6-3-7-26-16)9-17-19(11)20(24)18(28-17)10-13-14(22)4-2-5-15(13)23/h2,4-5,8-10,16H,3,6-7H2,1H3/b18-10-. The van der Waals surface area contributed by atoms with E-state index in [-0.39, 0.29) is 11.5 Å². The molecule has 0 bridgehead atoms. The minimum atomic E-state index is -0.547. The first kappa shape index (κ1) is 19.0. The Hall–Kier alpha value is -2.34. The Morgan fingerprint density at radius 3 is 2.68 bits per heavy atom. The van der Waals surface area contributed by atoms with Crippen molar-refractivity contribution in [3.05, 3.63) is 62.8 Å². The van der Waals surface area contributed by atoms with E-state index in [0.717, 1.165) is 6.42 Å². The van der Waals surface area contributed by atoms with Crippen molar-refractivity contribution in [1.82, 2.24) is 0 Å². The lowest BCUT2D eigenvalue weighted by molar-refractivity contribution is -0.144. The zero-order chi connectivity index (χ0) is 19.8. The molecule has 28 heavy (non-hydrogen) atoms. The minimum Gasteiger partial charge on any atom is -0.452 e. The third kappa shape index (κ3) is 3.53. The van der Waals surface area contributed by atoms with E-state index in [1.807, 2.05) is 0 Å². The summed E-state index contributed by atoms with van der Waals surface area (Å²) >= 11 is 12.4. The Kier molecular flexibility index (Phi) is 5.15. The lowest BCUT2D eigenvalue weighted by Gasteiger charge is -2.11. The number of benzene rings is 2. The van der Waals surface area contributed by atoms with Crippen LogP contribution in [0.5, 0.6) is 11.5 Å². The molecule has 2 aliphatic rings. The molecule has 2 aromatic carbocycles. The fourth-order valence-electron chi connectivity index (χ4n) is 3.26. The molecule has 2 aliphatic heterocycles. The Balaban J connectivity index is 1.62. The van der Waals surface area contributed by atoms with Gasteiger partial charge >= 0.3 is 5.97 Å². The van der Waals surface area contributed by atoms with Crippen LogP contribution in [0.2, 0.25) is 10.0 Å². The highest BCUT2D eigenvalue weighted by Gasteiger charge is 2.32. The van der Waals surface area contributed by atoms with Gasteiger partial charge in [-0.05, 0) is 49.6 Å². The SMILES string of the molecule is Cc1cc(OC(=O)C2CCCO2)cc2c1C(=O)/C(=C/c1c(Cl)cccc1Cl)O2. The van der Waals surface area contributed by atoms with Crippen LogP contribution in [0.3, 0.4) is 0 Å². The molecule has 2 heterocycles. The molecule has 1 unspecified atom stereocenters. The Bertz CT molecular complexity index is 986. The van der Waals surface area contributed by atoms with Gasteiger partial charge in [0.05, 0.1) is 5.56 Å². The number of hydrogen-bond donors (Lipinski definition) is 0. The number of carbonyl (C=O) groups is 2. The van der Waals surface area contributed by atoms with Crippen LogP contribution in [0, 0.1) is 6.92 Å². The van der Waals surface area contributed by atoms with Gasteiger partial charge in [-0.2, -0.15) is 0 Å². The van der Waals surface area contributed by atoms with E-state index in [0.29, 0.717) is 51.3 Å². The molecule has 0 aliphatic carbocycles. The van der Waals surface area contributed by atoms with Gasteiger partial charge in [0.15, 0.2) is 11.9 Å². The van der Waals surface area contributed by atoms with Crippen molar-refractivity contribution >= 4 is 41.0 Å². The van der Waals surface area contributed by atoms with Gasteiger partial charge in [0.25, 0.3) is 0 Å². The van der Waals surface area contributed by atoms with E-state index in [9.17, 15) is 9.59 Å². The van der Waals surface area contributed by atoms with Crippen molar-refractivity contribution in [3.8, 4) is 11.5 Å². The molecule has 0 spiro atoms. The summed E-state index contributed by atoms with van der Waals surface area (Å²) in [5, 5.41) is 0.825. The molecular formula is C21H16Cl2O5. The molecule has 0 radical (unpaired) electrons. The molecule has 0 saturated carbocycles. The lowest BCUT2D eigenvalue weighted by atomic mass is 10.0. The van der Waals surface area contributed by atoms with E-state index in [1.54, 1.807) is 31.2 Å². The number of rotatable bonds is 3. The molecule has 4 rings (SSSR count). The largest absolute Gasteiger partial charge is 0.452 e. The highest BCUT2D eigenvalue weighted by Crippen LogP contribution is 2.39. The van der Waals surface area contributed by atoms with Gasteiger partial charge < -0.3 is 14.2 Å². The summed E-state index contributed by atoms with van der Waals surface area (Å²) in [5.74, 6) is 0.0205. The fourth-order valence-corrected chi connectivity index (χ4v) is 3.77. The number of aryl methyl sites for hydroxylation is 1. The molecule has 2 aromatic rings. The highest BCUT2D eigenvalue weighted by atomic mass is 35.5. The fraction of sp³-hybridized carbons (Fsp3) is 0.238.